The summed E-state index contributed by atoms with van der Waals surface area (Å²) in [6.45, 7) is 0.781. The van der Waals surface area contributed by atoms with E-state index in [0.29, 0.717) is 6.04 Å². The second-order valence-electron chi connectivity index (χ2n) is 5.66. The first-order valence-corrected chi connectivity index (χ1v) is 7.23. The largest absolute Gasteiger partial charge is 0.309 e. The first-order valence-electron chi connectivity index (χ1n) is 7.23. The van der Waals surface area contributed by atoms with Gasteiger partial charge in [0.1, 0.15) is 0 Å². The Morgan fingerprint density at radius 1 is 1.20 bits per heavy atom. The van der Waals surface area contributed by atoms with E-state index >= 15 is 0 Å². The van der Waals surface area contributed by atoms with Crippen LogP contribution >= 0.6 is 0 Å². The molecule has 1 unspecified atom stereocenters. The fourth-order valence-corrected chi connectivity index (χ4v) is 2.83. The van der Waals surface area contributed by atoms with Crippen molar-refractivity contribution < 1.29 is 4.79 Å². The van der Waals surface area contributed by atoms with Gasteiger partial charge in [-0.05, 0) is 31.4 Å². The van der Waals surface area contributed by atoms with Gasteiger partial charge >= 0.3 is 0 Å². The molecule has 102 valence electrons. The van der Waals surface area contributed by atoms with Gasteiger partial charge < -0.3 is 10.2 Å². The van der Waals surface area contributed by atoms with E-state index in [0.717, 1.165) is 29.6 Å². The van der Waals surface area contributed by atoms with Crippen LogP contribution < -0.4 is 10.2 Å². The molecule has 1 amide bonds. The van der Waals surface area contributed by atoms with Gasteiger partial charge in [0.2, 0.25) is 5.91 Å². The lowest BCUT2D eigenvalue weighted by Gasteiger charge is -2.17. The molecule has 2 aliphatic rings. The van der Waals surface area contributed by atoms with Crippen LogP contribution in [0.1, 0.15) is 19.3 Å². The molecule has 1 aliphatic heterocycles. The maximum Gasteiger partial charge on any atom is 0.244 e. The predicted octanol–water partition coefficient (Wildman–Crippen LogP) is 2.09. The highest BCUT2D eigenvalue weighted by atomic mass is 16.2. The zero-order valence-corrected chi connectivity index (χ0v) is 11.2. The number of amides is 1. The van der Waals surface area contributed by atoms with Gasteiger partial charge in [0, 0.05) is 18.0 Å². The third kappa shape index (κ3) is 2.06. The Bertz CT molecular complexity index is 666. The summed E-state index contributed by atoms with van der Waals surface area (Å²) >= 11 is 0. The van der Waals surface area contributed by atoms with Crippen molar-refractivity contribution in [3.63, 3.8) is 0 Å². The number of carbonyl (C=O) groups excluding carboxylic acids is 1. The molecule has 2 heterocycles. The quantitative estimate of drug-likeness (QED) is 0.926. The Morgan fingerprint density at radius 3 is 2.90 bits per heavy atom. The molecule has 1 aliphatic carbocycles. The molecule has 1 aromatic carbocycles. The second-order valence-corrected chi connectivity index (χ2v) is 5.66. The number of pyridine rings is 1. The summed E-state index contributed by atoms with van der Waals surface area (Å²) < 4.78 is 0. The van der Waals surface area contributed by atoms with Crippen molar-refractivity contribution in [1.82, 2.24) is 10.3 Å². The van der Waals surface area contributed by atoms with E-state index < -0.39 is 0 Å². The molecule has 4 rings (SSSR count). The number of carbonyl (C=O) groups is 1. The van der Waals surface area contributed by atoms with Crippen molar-refractivity contribution in [3.8, 4) is 0 Å². The number of nitrogens with one attached hydrogen (secondary N) is 1. The third-order valence-electron chi connectivity index (χ3n) is 4.11. The first kappa shape index (κ1) is 11.9. The predicted molar refractivity (Wildman–Crippen MR) is 78.7 cm³/mol. The number of anilines is 1. The normalized spacial score (nSPS) is 22.7. The topological polar surface area (TPSA) is 45.2 Å². The van der Waals surface area contributed by atoms with Crippen molar-refractivity contribution in [2.45, 2.75) is 31.3 Å². The van der Waals surface area contributed by atoms with E-state index in [1.165, 1.54) is 12.8 Å². The second kappa shape index (κ2) is 4.56. The van der Waals surface area contributed by atoms with Gasteiger partial charge in [-0.3, -0.25) is 9.78 Å². The molecule has 4 nitrogen and oxygen atoms in total. The highest BCUT2D eigenvalue weighted by Gasteiger charge is 2.36. The van der Waals surface area contributed by atoms with Crippen molar-refractivity contribution >= 4 is 22.5 Å². The fraction of sp³-hybridized carbons (Fsp3) is 0.375. The van der Waals surface area contributed by atoms with Crippen molar-refractivity contribution in [1.29, 1.82) is 0 Å². The first-order chi connectivity index (χ1) is 9.81. The molecular formula is C16H17N3O. The minimum atomic E-state index is -0.00558. The Labute approximate surface area is 117 Å². The molecule has 0 radical (unpaired) electrons. The van der Waals surface area contributed by atoms with Gasteiger partial charge in [-0.2, -0.15) is 0 Å². The molecule has 1 saturated carbocycles. The molecule has 1 atom stereocenters. The van der Waals surface area contributed by atoms with Crippen molar-refractivity contribution in [3.05, 3.63) is 36.5 Å². The van der Waals surface area contributed by atoms with Gasteiger partial charge in [0.25, 0.3) is 0 Å². The SMILES string of the molecule is O=C1C(NC2CC2)CCN1c1cnc2ccccc2c1. The number of aromatic nitrogens is 1. The third-order valence-corrected chi connectivity index (χ3v) is 4.11. The van der Waals surface area contributed by atoms with E-state index in [1.807, 2.05) is 29.2 Å². The van der Waals surface area contributed by atoms with Crippen LogP contribution in [0.15, 0.2) is 36.5 Å². The minimum absolute atomic E-state index is 0.00558. The van der Waals surface area contributed by atoms with E-state index in [2.05, 4.69) is 16.4 Å². The number of hydrogen-bond acceptors (Lipinski definition) is 3. The lowest BCUT2D eigenvalue weighted by molar-refractivity contribution is -0.118. The molecule has 1 N–H and O–H groups in total. The van der Waals surface area contributed by atoms with Crippen molar-refractivity contribution in [2.24, 2.45) is 0 Å². The highest BCUT2D eigenvalue weighted by molar-refractivity contribution is 6.00. The highest BCUT2D eigenvalue weighted by Crippen LogP contribution is 2.27. The van der Waals surface area contributed by atoms with Gasteiger partial charge in [-0.15, -0.1) is 0 Å². The number of hydrogen-bond donors (Lipinski definition) is 1. The molecule has 0 bridgehead atoms. The van der Waals surface area contributed by atoms with Crippen LogP contribution in [0.3, 0.4) is 0 Å². The van der Waals surface area contributed by atoms with Crippen LogP contribution in [0.5, 0.6) is 0 Å². The maximum atomic E-state index is 12.4. The number of fused-ring (bicyclic) bond motifs is 1. The molecular weight excluding hydrogens is 250 g/mol. The summed E-state index contributed by atoms with van der Waals surface area (Å²) in [5, 5.41) is 4.51. The monoisotopic (exact) mass is 267 g/mol. The van der Waals surface area contributed by atoms with Crippen LogP contribution in [0, 0.1) is 0 Å². The van der Waals surface area contributed by atoms with E-state index in [1.54, 1.807) is 6.20 Å². The Morgan fingerprint density at radius 2 is 2.05 bits per heavy atom. The summed E-state index contributed by atoms with van der Waals surface area (Å²) in [4.78, 5) is 18.7. The smallest absolute Gasteiger partial charge is 0.244 e. The zero-order valence-electron chi connectivity index (χ0n) is 11.2. The van der Waals surface area contributed by atoms with Gasteiger partial charge in [-0.1, -0.05) is 18.2 Å². The average molecular weight is 267 g/mol. The molecule has 1 aromatic heterocycles. The Balaban J connectivity index is 1.60. The number of benzene rings is 1. The van der Waals surface area contributed by atoms with Crippen LogP contribution in [0.4, 0.5) is 5.69 Å². The molecule has 2 aromatic rings. The number of rotatable bonds is 3. The summed E-state index contributed by atoms with van der Waals surface area (Å²) in [6, 6.07) is 10.6. The van der Waals surface area contributed by atoms with Crippen LogP contribution in [-0.4, -0.2) is 29.5 Å². The molecule has 1 saturated heterocycles. The average Bonchev–Trinajstić information content (AvgIpc) is 3.23. The van der Waals surface area contributed by atoms with E-state index in [4.69, 9.17) is 0 Å². The molecule has 2 fully saturated rings. The van der Waals surface area contributed by atoms with Gasteiger partial charge in [0.15, 0.2) is 0 Å². The summed E-state index contributed by atoms with van der Waals surface area (Å²) in [5.41, 5.74) is 1.88. The van der Waals surface area contributed by atoms with Crippen LogP contribution in [-0.2, 0) is 4.79 Å². The maximum absolute atomic E-state index is 12.4. The van der Waals surface area contributed by atoms with Gasteiger partial charge in [0.05, 0.1) is 23.4 Å². The minimum Gasteiger partial charge on any atom is -0.309 e. The van der Waals surface area contributed by atoms with Crippen LogP contribution in [0.25, 0.3) is 10.9 Å². The molecule has 20 heavy (non-hydrogen) atoms. The lowest BCUT2D eigenvalue weighted by atomic mass is 10.2. The van der Waals surface area contributed by atoms with Crippen molar-refractivity contribution in [2.75, 3.05) is 11.4 Å². The Kier molecular flexibility index (Phi) is 2.70. The van der Waals surface area contributed by atoms with E-state index in [9.17, 15) is 4.79 Å². The van der Waals surface area contributed by atoms with E-state index in [-0.39, 0.29) is 11.9 Å². The Hall–Kier alpha value is -1.94. The molecule has 4 heteroatoms. The standard InChI is InChI=1S/C16H17N3O/c20-16-15(18-12-5-6-12)7-8-19(16)13-9-11-3-1-2-4-14(11)17-10-13/h1-4,9-10,12,15,18H,5-8H2. The summed E-state index contributed by atoms with van der Waals surface area (Å²) in [7, 11) is 0. The number of para-hydroxylation sites is 1. The fourth-order valence-electron chi connectivity index (χ4n) is 2.83. The zero-order chi connectivity index (χ0) is 13.5. The summed E-state index contributed by atoms with van der Waals surface area (Å²) in [6.07, 6.45) is 5.12. The van der Waals surface area contributed by atoms with Gasteiger partial charge in [-0.25, -0.2) is 0 Å². The molecule has 0 spiro atoms. The lowest BCUT2D eigenvalue weighted by Crippen LogP contribution is -2.39. The number of nitrogens with zero attached hydrogens (tertiary/aromatic N) is 2. The summed E-state index contributed by atoms with van der Waals surface area (Å²) in [5.74, 6) is 0.189. The van der Waals surface area contributed by atoms with Crippen LogP contribution in [0.2, 0.25) is 0 Å².